The summed E-state index contributed by atoms with van der Waals surface area (Å²) in [5.74, 6) is -0.601. The Balaban J connectivity index is 1.90. The zero-order valence-corrected chi connectivity index (χ0v) is 13.0. The van der Waals surface area contributed by atoms with Crippen LogP contribution in [0, 0.1) is 0 Å². The Bertz CT molecular complexity index is 1180. The number of ketones is 2. The van der Waals surface area contributed by atoms with Crippen LogP contribution in [-0.4, -0.2) is 11.6 Å². The summed E-state index contributed by atoms with van der Waals surface area (Å²) in [5.41, 5.74) is 1.60. The summed E-state index contributed by atoms with van der Waals surface area (Å²) in [6.45, 7) is 0. The first kappa shape index (κ1) is 13.4. The van der Waals surface area contributed by atoms with Gasteiger partial charge < -0.3 is 0 Å². The number of Topliss-reactive ketones (excluding diaryl/α,β-unsaturated/α-hetero) is 2. The first-order valence-electron chi connectivity index (χ1n) is 8.16. The summed E-state index contributed by atoms with van der Waals surface area (Å²) in [6, 6.07) is 20.8. The summed E-state index contributed by atoms with van der Waals surface area (Å²) in [7, 11) is 0. The van der Waals surface area contributed by atoms with Crippen molar-refractivity contribution in [2.75, 3.05) is 0 Å². The van der Waals surface area contributed by atoms with Gasteiger partial charge in [0.05, 0.1) is 0 Å². The van der Waals surface area contributed by atoms with E-state index in [4.69, 9.17) is 0 Å². The van der Waals surface area contributed by atoms with E-state index >= 15 is 0 Å². The molecule has 0 aromatic heterocycles. The second kappa shape index (κ2) is 4.75. The molecule has 0 fully saturated rings. The fraction of sp³-hybridized carbons (Fsp3) is 0.0909. The Labute approximate surface area is 138 Å². The van der Waals surface area contributed by atoms with Crippen LogP contribution in [0.15, 0.2) is 60.7 Å². The molecule has 0 saturated heterocycles. The molecule has 2 nitrogen and oxygen atoms in total. The van der Waals surface area contributed by atoms with Gasteiger partial charge in [-0.1, -0.05) is 36.4 Å². The number of rotatable bonds is 0. The van der Waals surface area contributed by atoms with Crippen molar-refractivity contribution in [1.29, 1.82) is 0 Å². The van der Waals surface area contributed by atoms with E-state index in [1.165, 1.54) is 10.8 Å². The van der Waals surface area contributed by atoms with Gasteiger partial charge in [-0.3, -0.25) is 9.59 Å². The van der Waals surface area contributed by atoms with Crippen molar-refractivity contribution in [3.63, 3.8) is 0 Å². The highest BCUT2D eigenvalue weighted by Crippen LogP contribution is 2.32. The first-order valence-corrected chi connectivity index (χ1v) is 8.16. The summed E-state index contributed by atoms with van der Waals surface area (Å²) in [5, 5.41) is 6.54. The molecule has 0 aliphatic heterocycles. The standard InChI is InChI=1S/C22H14O2/c23-20-8-7-13-5-6-16-11-17-9-14-3-1-2-4-15(14)10-18(17)12-19(16)21(13)22(20)24/h1-6,9-12H,7-8H2. The van der Waals surface area contributed by atoms with Crippen molar-refractivity contribution in [1.82, 2.24) is 0 Å². The van der Waals surface area contributed by atoms with E-state index in [0.717, 1.165) is 27.1 Å². The lowest BCUT2D eigenvalue weighted by molar-refractivity contribution is -0.115. The minimum absolute atomic E-state index is 0.270. The molecule has 4 aromatic rings. The number of hydrogen-bond acceptors (Lipinski definition) is 2. The predicted molar refractivity (Wildman–Crippen MR) is 96.6 cm³/mol. The number of fused-ring (bicyclic) bond motifs is 5. The minimum Gasteiger partial charge on any atom is -0.290 e. The number of aryl methyl sites for hydroxylation is 1. The quantitative estimate of drug-likeness (QED) is 0.344. The van der Waals surface area contributed by atoms with Crippen LogP contribution in [0.3, 0.4) is 0 Å². The number of benzene rings is 4. The smallest absolute Gasteiger partial charge is 0.229 e. The molecule has 0 spiro atoms. The highest BCUT2D eigenvalue weighted by Gasteiger charge is 2.26. The average Bonchev–Trinajstić information content (AvgIpc) is 2.61. The van der Waals surface area contributed by atoms with E-state index in [0.29, 0.717) is 18.4 Å². The molecular weight excluding hydrogens is 296 g/mol. The number of hydrogen-bond donors (Lipinski definition) is 0. The normalized spacial score (nSPS) is 14.5. The molecule has 1 aliphatic carbocycles. The highest BCUT2D eigenvalue weighted by atomic mass is 16.2. The molecule has 0 saturated carbocycles. The Morgan fingerprint density at radius 3 is 2.04 bits per heavy atom. The molecule has 0 radical (unpaired) electrons. The largest absolute Gasteiger partial charge is 0.290 e. The number of carbonyl (C=O) groups is 2. The van der Waals surface area contributed by atoms with Gasteiger partial charge in [0.1, 0.15) is 0 Å². The Morgan fingerprint density at radius 1 is 0.625 bits per heavy atom. The van der Waals surface area contributed by atoms with Crippen molar-refractivity contribution in [2.45, 2.75) is 12.8 Å². The summed E-state index contributed by atoms with van der Waals surface area (Å²) >= 11 is 0. The van der Waals surface area contributed by atoms with Crippen molar-refractivity contribution in [3.8, 4) is 0 Å². The lowest BCUT2D eigenvalue weighted by Crippen LogP contribution is -2.22. The van der Waals surface area contributed by atoms with Crippen LogP contribution in [0.2, 0.25) is 0 Å². The Kier molecular flexibility index (Phi) is 2.66. The molecule has 0 unspecified atom stereocenters. The molecule has 0 bridgehead atoms. The SMILES string of the molecule is O=C1CCc2ccc3cc4cc5ccccc5cc4cc3c2C1=O. The summed E-state index contributed by atoms with van der Waals surface area (Å²) in [6.07, 6.45) is 0.987. The molecule has 0 amide bonds. The predicted octanol–water partition coefficient (Wildman–Crippen LogP) is 4.84. The van der Waals surface area contributed by atoms with E-state index in [2.05, 4.69) is 42.5 Å². The van der Waals surface area contributed by atoms with Gasteiger partial charge in [0.15, 0.2) is 0 Å². The van der Waals surface area contributed by atoms with Gasteiger partial charge in [-0.05, 0) is 68.6 Å². The van der Waals surface area contributed by atoms with Crippen LogP contribution >= 0.6 is 0 Å². The maximum absolute atomic E-state index is 12.4. The molecule has 4 aromatic carbocycles. The summed E-state index contributed by atoms with van der Waals surface area (Å²) in [4.78, 5) is 24.3. The van der Waals surface area contributed by atoms with E-state index in [9.17, 15) is 9.59 Å². The molecule has 114 valence electrons. The minimum atomic E-state index is -0.331. The van der Waals surface area contributed by atoms with Gasteiger partial charge in [-0.15, -0.1) is 0 Å². The maximum atomic E-state index is 12.4. The third-order valence-corrected chi connectivity index (χ3v) is 5.03. The lowest BCUT2D eigenvalue weighted by atomic mass is 9.85. The Hall–Kier alpha value is -3.00. The molecule has 1 aliphatic rings. The molecule has 0 N–H and O–H groups in total. The molecule has 0 heterocycles. The third kappa shape index (κ3) is 1.83. The van der Waals surface area contributed by atoms with Crippen LogP contribution in [0.4, 0.5) is 0 Å². The summed E-state index contributed by atoms with van der Waals surface area (Å²) < 4.78 is 0. The van der Waals surface area contributed by atoms with Crippen LogP contribution in [0.5, 0.6) is 0 Å². The zero-order valence-electron chi connectivity index (χ0n) is 13.0. The van der Waals surface area contributed by atoms with Gasteiger partial charge in [0.2, 0.25) is 11.6 Å². The maximum Gasteiger partial charge on any atom is 0.229 e. The average molecular weight is 310 g/mol. The van der Waals surface area contributed by atoms with E-state index in [1.807, 2.05) is 18.2 Å². The van der Waals surface area contributed by atoms with Crippen molar-refractivity contribution in [2.24, 2.45) is 0 Å². The van der Waals surface area contributed by atoms with Crippen molar-refractivity contribution >= 4 is 43.9 Å². The van der Waals surface area contributed by atoms with Crippen LogP contribution in [0.1, 0.15) is 22.3 Å². The van der Waals surface area contributed by atoms with E-state index < -0.39 is 0 Å². The third-order valence-electron chi connectivity index (χ3n) is 5.03. The van der Waals surface area contributed by atoms with Gasteiger partial charge in [-0.25, -0.2) is 0 Å². The topological polar surface area (TPSA) is 34.1 Å². The zero-order chi connectivity index (χ0) is 16.3. The molecule has 5 rings (SSSR count). The second-order valence-corrected chi connectivity index (χ2v) is 6.47. The molecule has 2 heteroatoms. The van der Waals surface area contributed by atoms with E-state index in [-0.39, 0.29) is 11.6 Å². The monoisotopic (exact) mass is 310 g/mol. The van der Waals surface area contributed by atoms with Gasteiger partial charge in [-0.2, -0.15) is 0 Å². The fourth-order valence-corrected chi connectivity index (χ4v) is 3.79. The van der Waals surface area contributed by atoms with Gasteiger partial charge in [0.25, 0.3) is 0 Å². The highest BCUT2D eigenvalue weighted by molar-refractivity contribution is 6.47. The molecular formula is C22H14O2. The van der Waals surface area contributed by atoms with Crippen LogP contribution < -0.4 is 0 Å². The van der Waals surface area contributed by atoms with Crippen LogP contribution in [0.25, 0.3) is 32.3 Å². The Morgan fingerprint density at radius 2 is 1.29 bits per heavy atom. The van der Waals surface area contributed by atoms with E-state index in [1.54, 1.807) is 0 Å². The second-order valence-electron chi connectivity index (χ2n) is 6.47. The van der Waals surface area contributed by atoms with Crippen molar-refractivity contribution < 1.29 is 9.59 Å². The molecule has 0 atom stereocenters. The van der Waals surface area contributed by atoms with Crippen LogP contribution in [-0.2, 0) is 11.2 Å². The number of carbonyl (C=O) groups excluding carboxylic acids is 2. The molecule has 24 heavy (non-hydrogen) atoms. The lowest BCUT2D eigenvalue weighted by Gasteiger charge is -2.16. The first-order chi connectivity index (χ1) is 11.7. The van der Waals surface area contributed by atoms with Gasteiger partial charge >= 0.3 is 0 Å². The van der Waals surface area contributed by atoms with Crippen molar-refractivity contribution in [3.05, 3.63) is 71.8 Å². The fourth-order valence-electron chi connectivity index (χ4n) is 3.79. The van der Waals surface area contributed by atoms with Gasteiger partial charge in [0, 0.05) is 12.0 Å².